The smallest absolute Gasteiger partial charge is 0.164 e. The SMILES string of the molecule is C=C/C(F)=C(\N=C(/C)c1n[nH]c2c(F)cccc12)NC1CC2CCCC1C2. The lowest BCUT2D eigenvalue weighted by molar-refractivity contribution is 0.339. The van der Waals surface area contributed by atoms with Crippen molar-refractivity contribution >= 4 is 16.6 Å². The summed E-state index contributed by atoms with van der Waals surface area (Å²) in [6.45, 7) is 5.30. The van der Waals surface area contributed by atoms with Crippen molar-refractivity contribution in [1.29, 1.82) is 0 Å². The van der Waals surface area contributed by atoms with Crippen molar-refractivity contribution in [3.05, 3.63) is 54.0 Å². The lowest BCUT2D eigenvalue weighted by Crippen LogP contribution is -2.32. The fourth-order valence-electron chi connectivity index (χ4n) is 4.57. The molecule has 0 spiro atoms. The van der Waals surface area contributed by atoms with E-state index in [2.05, 4.69) is 27.1 Å². The quantitative estimate of drug-likeness (QED) is 0.575. The monoisotopic (exact) mass is 370 g/mol. The van der Waals surface area contributed by atoms with Crippen LogP contribution < -0.4 is 5.32 Å². The number of aromatic amines is 1. The number of aromatic nitrogens is 2. The van der Waals surface area contributed by atoms with Gasteiger partial charge in [-0.2, -0.15) is 5.10 Å². The first-order chi connectivity index (χ1) is 13.1. The molecule has 1 aromatic carbocycles. The number of fused-ring (bicyclic) bond motifs is 3. The van der Waals surface area contributed by atoms with E-state index in [0.29, 0.717) is 28.2 Å². The summed E-state index contributed by atoms with van der Waals surface area (Å²) in [5, 5.41) is 10.8. The largest absolute Gasteiger partial charge is 0.365 e. The Morgan fingerprint density at radius 3 is 3.00 bits per heavy atom. The van der Waals surface area contributed by atoms with Gasteiger partial charge in [0, 0.05) is 11.4 Å². The topological polar surface area (TPSA) is 53.1 Å². The Morgan fingerprint density at radius 1 is 1.37 bits per heavy atom. The van der Waals surface area contributed by atoms with E-state index in [4.69, 9.17) is 0 Å². The minimum Gasteiger partial charge on any atom is -0.365 e. The molecule has 0 aliphatic heterocycles. The minimum absolute atomic E-state index is 0.188. The highest BCUT2D eigenvalue weighted by Gasteiger charge is 2.37. The number of nitrogens with zero attached hydrogens (tertiary/aromatic N) is 2. The van der Waals surface area contributed by atoms with E-state index in [0.717, 1.165) is 12.3 Å². The van der Waals surface area contributed by atoms with Crippen LogP contribution in [0.4, 0.5) is 8.78 Å². The second kappa shape index (κ2) is 7.25. The first-order valence-electron chi connectivity index (χ1n) is 9.53. The number of para-hydroxylation sites is 1. The fourth-order valence-corrected chi connectivity index (χ4v) is 4.57. The van der Waals surface area contributed by atoms with Gasteiger partial charge < -0.3 is 5.32 Å². The Morgan fingerprint density at radius 2 is 2.22 bits per heavy atom. The highest BCUT2D eigenvalue weighted by molar-refractivity contribution is 6.08. The van der Waals surface area contributed by atoms with Crippen LogP contribution in [0.3, 0.4) is 0 Å². The van der Waals surface area contributed by atoms with E-state index >= 15 is 0 Å². The molecule has 1 aromatic heterocycles. The molecule has 0 saturated heterocycles. The van der Waals surface area contributed by atoms with Gasteiger partial charge in [0.25, 0.3) is 0 Å². The molecule has 2 saturated carbocycles. The molecule has 2 aliphatic carbocycles. The zero-order chi connectivity index (χ0) is 19.0. The summed E-state index contributed by atoms with van der Waals surface area (Å²) in [5.41, 5.74) is 1.37. The van der Waals surface area contributed by atoms with Crippen LogP contribution in [0.1, 0.15) is 44.7 Å². The number of H-pyrrole nitrogens is 1. The Balaban J connectivity index is 1.64. The summed E-state index contributed by atoms with van der Waals surface area (Å²) in [6, 6.07) is 5.02. The number of hydrogen-bond donors (Lipinski definition) is 2. The Kier molecular flexibility index (Phi) is 4.81. The molecule has 2 aliphatic rings. The van der Waals surface area contributed by atoms with Crippen molar-refractivity contribution in [2.24, 2.45) is 16.8 Å². The van der Waals surface area contributed by atoms with Crippen LogP contribution in [0.25, 0.3) is 10.9 Å². The van der Waals surface area contributed by atoms with Gasteiger partial charge in [-0.15, -0.1) is 0 Å². The maximum Gasteiger partial charge on any atom is 0.164 e. The summed E-state index contributed by atoms with van der Waals surface area (Å²) < 4.78 is 28.4. The van der Waals surface area contributed by atoms with Gasteiger partial charge in [-0.25, -0.2) is 13.8 Å². The predicted molar refractivity (Wildman–Crippen MR) is 104 cm³/mol. The minimum atomic E-state index is -0.484. The molecule has 2 bridgehead atoms. The molecule has 2 fully saturated rings. The Labute approximate surface area is 157 Å². The normalized spacial score (nSPS) is 26.2. The molecule has 2 N–H and O–H groups in total. The standard InChI is InChI=1S/C21H24F2N4/c1-3-16(22)21(25-18-11-13-6-4-7-14(18)10-13)24-12(2)19-15-8-5-9-17(23)20(15)27-26-19/h3,5,8-9,13-14,18,25H,1,4,6-7,10-11H2,2H3,(H,26,27)/b21-16-,24-12+. The van der Waals surface area contributed by atoms with E-state index < -0.39 is 5.83 Å². The lowest BCUT2D eigenvalue weighted by atomic mass is 9.89. The molecular weight excluding hydrogens is 346 g/mol. The number of nitrogens with one attached hydrogen (secondary N) is 2. The zero-order valence-corrected chi connectivity index (χ0v) is 15.4. The van der Waals surface area contributed by atoms with Gasteiger partial charge in [-0.1, -0.05) is 31.6 Å². The Bertz CT molecular complexity index is 927. The van der Waals surface area contributed by atoms with Crippen molar-refractivity contribution in [1.82, 2.24) is 15.5 Å². The van der Waals surface area contributed by atoms with Gasteiger partial charge in [-0.05, 0) is 50.2 Å². The number of aliphatic imine (C=N–C) groups is 1. The average molecular weight is 370 g/mol. The average Bonchev–Trinajstić information content (AvgIpc) is 3.22. The predicted octanol–water partition coefficient (Wildman–Crippen LogP) is 5.00. The second-order valence-electron chi connectivity index (χ2n) is 7.61. The van der Waals surface area contributed by atoms with E-state index in [1.807, 2.05) is 0 Å². The number of hydrogen-bond acceptors (Lipinski definition) is 3. The van der Waals surface area contributed by atoms with Gasteiger partial charge in [0.2, 0.25) is 0 Å². The lowest BCUT2D eigenvalue weighted by Gasteiger charge is -2.23. The summed E-state index contributed by atoms with van der Waals surface area (Å²) in [6.07, 6.45) is 7.15. The van der Waals surface area contributed by atoms with Crippen LogP contribution >= 0.6 is 0 Å². The van der Waals surface area contributed by atoms with E-state index in [-0.39, 0.29) is 17.7 Å². The van der Waals surface area contributed by atoms with Crippen molar-refractivity contribution in [3.63, 3.8) is 0 Å². The van der Waals surface area contributed by atoms with Gasteiger partial charge in [0.15, 0.2) is 11.6 Å². The molecule has 0 amide bonds. The molecule has 2 aromatic rings. The third kappa shape index (κ3) is 3.40. The maximum absolute atomic E-state index is 14.5. The number of rotatable bonds is 5. The van der Waals surface area contributed by atoms with Crippen LogP contribution in [-0.4, -0.2) is 22.0 Å². The maximum atomic E-state index is 14.5. The highest BCUT2D eigenvalue weighted by Crippen LogP contribution is 2.42. The van der Waals surface area contributed by atoms with Crippen LogP contribution in [0.5, 0.6) is 0 Å². The van der Waals surface area contributed by atoms with Crippen molar-refractivity contribution in [2.75, 3.05) is 0 Å². The third-order valence-corrected chi connectivity index (χ3v) is 5.88. The van der Waals surface area contributed by atoms with Crippen molar-refractivity contribution in [2.45, 2.75) is 45.1 Å². The van der Waals surface area contributed by atoms with Crippen molar-refractivity contribution in [3.8, 4) is 0 Å². The molecule has 27 heavy (non-hydrogen) atoms. The zero-order valence-electron chi connectivity index (χ0n) is 15.4. The molecule has 6 heteroatoms. The molecule has 142 valence electrons. The summed E-state index contributed by atoms with van der Waals surface area (Å²) in [5.74, 6) is 0.641. The van der Waals surface area contributed by atoms with E-state index in [1.54, 1.807) is 19.1 Å². The fraction of sp³-hybridized carbons (Fsp3) is 0.429. The van der Waals surface area contributed by atoms with Crippen LogP contribution in [0, 0.1) is 17.7 Å². The summed E-state index contributed by atoms with van der Waals surface area (Å²) in [4.78, 5) is 4.48. The highest BCUT2D eigenvalue weighted by atomic mass is 19.1. The van der Waals surface area contributed by atoms with Crippen molar-refractivity contribution < 1.29 is 8.78 Å². The first kappa shape index (κ1) is 17.9. The van der Waals surface area contributed by atoms with Gasteiger partial charge in [0.05, 0.1) is 5.71 Å². The number of halogens is 2. The van der Waals surface area contributed by atoms with Crippen LogP contribution in [0.2, 0.25) is 0 Å². The number of benzene rings is 1. The van der Waals surface area contributed by atoms with E-state index in [9.17, 15) is 8.78 Å². The van der Waals surface area contributed by atoms with Gasteiger partial charge in [-0.3, -0.25) is 5.10 Å². The van der Waals surface area contributed by atoms with Gasteiger partial charge >= 0.3 is 0 Å². The van der Waals surface area contributed by atoms with Crippen LogP contribution in [-0.2, 0) is 0 Å². The summed E-state index contributed by atoms with van der Waals surface area (Å²) in [7, 11) is 0. The Hall–Kier alpha value is -2.50. The molecule has 3 unspecified atom stereocenters. The molecule has 4 nitrogen and oxygen atoms in total. The molecule has 1 heterocycles. The number of allylic oxidation sites excluding steroid dienone is 2. The molecular formula is C21H24F2N4. The van der Waals surface area contributed by atoms with Gasteiger partial charge in [0.1, 0.15) is 17.0 Å². The molecule has 4 rings (SSSR count). The van der Waals surface area contributed by atoms with E-state index in [1.165, 1.54) is 37.8 Å². The summed E-state index contributed by atoms with van der Waals surface area (Å²) >= 11 is 0. The molecule has 0 radical (unpaired) electrons. The first-order valence-corrected chi connectivity index (χ1v) is 9.53. The third-order valence-electron chi connectivity index (χ3n) is 5.88. The second-order valence-corrected chi connectivity index (χ2v) is 7.61. The van der Waals surface area contributed by atoms with Crippen LogP contribution in [0.15, 0.2) is 47.5 Å². The molecule has 3 atom stereocenters.